The van der Waals surface area contributed by atoms with Gasteiger partial charge >= 0.3 is 5.97 Å². The van der Waals surface area contributed by atoms with Gasteiger partial charge in [0.05, 0.1) is 6.54 Å². The van der Waals surface area contributed by atoms with Gasteiger partial charge in [0.2, 0.25) is 6.08 Å². The molecule has 0 radical (unpaired) electrons. The Bertz CT molecular complexity index is 185. The van der Waals surface area contributed by atoms with Crippen molar-refractivity contribution in [2.45, 2.75) is 32.6 Å². The van der Waals surface area contributed by atoms with Crippen molar-refractivity contribution in [2.75, 3.05) is 13.2 Å². The Labute approximate surface area is 78.0 Å². The first-order chi connectivity index (χ1) is 6.31. The van der Waals surface area contributed by atoms with E-state index in [9.17, 15) is 9.59 Å². The predicted molar refractivity (Wildman–Crippen MR) is 48.1 cm³/mol. The molecule has 0 fully saturated rings. The molecule has 0 aliphatic heterocycles. The smallest absolute Gasteiger partial charge is 0.305 e. The number of hydrogen-bond acceptors (Lipinski definition) is 4. The molecule has 0 aliphatic rings. The van der Waals surface area contributed by atoms with Crippen LogP contribution in [0.15, 0.2) is 4.99 Å². The van der Waals surface area contributed by atoms with Gasteiger partial charge in [0, 0.05) is 6.42 Å². The maximum Gasteiger partial charge on any atom is 0.305 e. The number of hydrogen-bond donors (Lipinski definition) is 0. The maximum atomic E-state index is 10.9. The molecule has 0 N–H and O–H groups in total. The summed E-state index contributed by atoms with van der Waals surface area (Å²) in [6.07, 6.45) is 4.83. The largest absolute Gasteiger partial charge is 0.464 e. The maximum absolute atomic E-state index is 10.9. The summed E-state index contributed by atoms with van der Waals surface area (Å²) in [7, 11) is 0. The van der Waals surface area contributed by atoms with Crippen LogP contribution in [-0.2, 0) is 14.3 Å². The van der Waals surface area contributed by atoms with Crippen LogP contribution in [0.5, 0.6) is 0 Å². The Morgan fingerprint density at radius 1 is 1.46 bits per heavy atom. The monoisotopic (exact) mass is 185 g/mol. The third-order valence-electron chi connectivity index (χ3n) is 1.52. The predicted octanol–water partition coefficient (Wildman–Crippen LogP) is 1.45. The average Bonchev–Trinajstić information content (AvgIpc) is 2.13. The third-order valence-corrected chi connectivity index (χ3v) is 1.52. The van der Waals surface area contributed by atoms with Crippen LogP contribution >= 0.6 is 0 Å². The molecule has 0 spiro atoms. The number of nitrogens with zero attached hydrogens (tertiary/aromatic N) is 1. The third kappa shape index (κ3) is 8.76. The second-order valence-corrected chi connectivity index (χ2v) is 2.65. The fourth-order valence-electron chi connectivity index (χ4n) is 0.842. The van der Waals surface area contributed by atoms with E-state index in [1.54, 1.807) is 0 Å². The van der Waals surface area contributed by atoms with E-state index in [2.05, 4.69) is 11.9 Å². The first-order valence-electron chi connectivity index (χ1n) is 4.50. The highest BCUT2D eigenvalue weighted by atomic mass is 16.5. The molecule has 0 aromatic carbocycles. The molecule has 0 saturated carbocycles. The quantitative estimate of drug-likeness (QED) is 0.261. The Kier molecular flexibility index (Phi) is 8.15. The van der Waals surface area contributed by atoms with Crippen LogP contribution in [0, 0.1) is 0 Å². The van der Waals surface area contributed by atoms with Crippen molar-refractivity contribution in [3.05, 3.63) is 0 Å². The Morgan fingerprint density at radius 3 is 2.85 bits per heavy atom. The first-order valence-corrected chi connectivity index (χ1v) is 4.50. The standard InChI is InChI=1S/C9H15NO3/c1-2-3-4-5-9(12)13-7-6-10-8-11/h2-7H2,1H3. The van der Waals surface area contributed by atoms with Crippen molar-refractivity contribution in [3.8, 4) is 0 Å². The fraction of sp³-hybridized carbons (Fsp3) is 0.778. The van der Waals surface area contributed by atoms with Gasteiger partial charge in [-0.05, 0) is 6.42 Å². The van der Waals surface area contributed by atoms with Crippen LogP contribution in [0.4, 0.5) is 0 Å². The lowest BCUT2D eigenvalue weighted by atomic mass is 10.2. The molecule has 0 amide bonds. The van der Waals surface area contributed by atoms with Crippen molar-refractivity contribution < 1.29 is 14.3 Å². The summed E-state index contributed by atoms with van der Waals surface area (Å²) >= 11 is 0. The SMILES string of the molecule is CCCCCC(=O)OCCN=C=O. The van der Waals surface area contributed by atoms with Crippen molar-refractivity contribution in [1.29, 1.82) is 0 Å². The van der Waals surface area contributed by atoms with Gasteiger partial charge in [-0.1, -0.05) is 19.8 Å². The Morgan fingerprint density at radius 2 is 2.23 bits per heavy atom. The van der Waals surface area contributed by atoms with Crippen LogP contribution in [0.3, 0.4) is 0 Å². The van der Waals surface area contributed by atoms with Crippen molar-refractivity contribution >= 4 is 12.0 Å². The zero-order valence-corrected chi connectivity index (χ0v) is 7.91. The number of aliphatic imine (C=N–C) groups is 1. The first kappa shape index (κ1) is 11.8. The minimum absolute atomic E-state index is 0.181. The van der Waals surface area contributed by atoms with Crippen LogP contribution in [0.1, 0.15) is 32.6 Å². The molecule has 0 atom stereocenters. The van der Waals surface area contributed by atoms with E-state index in [0.717, 1.165) is 19.3 Å². The van der Waals surface area contributed by atoms with Crippen molar-refractivity contribution in [1.82, 2.24) is 0 Å². The van der Waals surface area contributed by atoms with E-state index in [1.807, 2.05) is 0 Å². The zero-order chi connectivity index (χ0) is 9.94. The zero-order valence-electron chi connectivity index (χ0n) is 7.91. The Hall–Kier alpha value is -1.15. The number of isocyanates is 1. The summed E-state index contributed by atoms with van der Waals surface area (Å²) < 4.78 is 4.78. The van der Waals surface area contributed by atoms with E-state index in [1.165, 1.54) is 6.08 Å². The van der Waals surface area contributed by atoms with Crippen LogP contribution < -0.4 is 0 Å². The molecule has 0 rings (SSSR count). The van der Waals surface area contributed by atoms with Crippen molar-refractivity contribution in [2.24, 2.45) is 4.99 Å². The summed E-state index contributed by atoms with van der Waals surface area (Å²) in [5, 5.41) is 0. The number of ether oxygens (including phenoxy) is 1. The summed E-state index contributed by atoms with van der Waals surface area (Å²) in [5.41, 5.74) is 0. The van der Waals surface area contributed by atoms with Gasteiger partial charge < -0.3 is 4.74 Å². The number of rotatable bonds is 7. The molecule has 0 unspecified atom stereocenters. The molecular weight excluding hydrogens is 170 g/mol. The molecule has 13 heavy (non-hydrogen) atoms. The van der Waals surface area contributed by atoms with E-state index in [4.69, 9.17) is 4.74 Å². The normalized spacial score (nSPS) is 9.00. The number of carbonyl (C=O) groups is 1. The van der Waals surface area contributed by atoms with E-state index in [-0.39, 0.29) is 19.1 Å². The number of unbranched alkanes of at least 4 members (excludes halogenated alkanes) is 2. The van der Waals surface area contributed by atoms with E-state index >= 15 is 0 Å². The second kappa shape index (κ2) is 8.94. The van der Waals surface area contributed by atoms with Gasteiger partial charge in [0.1, 0.15) is 6.61 Å². The molecule has 4 nitrogen and oxygen atoms in total. The lowest BCUT2D eigenvalue weighted by Gasteiger charge is -2.00. The highest BCUT2D eigenvalue weighted by molar-refractivity contribution is 5.69. The highest BCUT2D eigenvalue weighted by Gasteiger charge is 2.00. The minimum Gasteiger partial charge on any atom is -0.464 e. The van der Waals surface area contributed by atoms with Gasteiger partial charge in [0.25, 0.3) is 0 Å². The molecule has 0 heterocycles. The molecule has 0 aliphatic carbocycles. The van der Waals surface area contributed by atoms with Gasteiger partial charge in [0.15, 0.2) is 0 Å². The number of esters is 1. The molecular formula is C9H15NO3. The summed E-state index contributed by atoms with van der Waals surface area (Å²) in [4.78, 5) is 23.8. The summed E-state index contributed by atoms with van der Waals surface area (Å²) in [6, 6.07) is 0. The van der Waals surface area contributed by atoms with Crippen LogP contribution in [0.2, 0.25) is 0 Å². The molecule has 0 aromatic heterocycles. The molecule has 0 saturated heterocycles. The molecule has 74 valence electrons. The summed E-state index contributed by atoms with van der Waals surface area (Å²) in [6.45, 7) is 2.47. The van der Waals surface area contributed by atoms with Crippen molar-refractivity contribution in [3.63, 3.8) is 0 Å². The Balaban J connectivity index is 3.24. The van der Waals surface area contributed by atoms with E-state index < -0.39 is 0 Å². The molecule has 0 bridgehead atoms. The van der Waals surface area contributed by atoms with Gasteiger partial charge in [-0.2, -0.15) is 0 Å². The van der Waals surface area contributed by atoms with Crippen LogP contribution in [-0.4, -0.2) is 25.2 Å². The fourth-order valence-corrected chi connectivity index (χ4v) is 0.842. The average molecular weight is 185 g/mol. The lowest BCUT2D eigenvalue weighted by Crippen LogP contribution is -2.07. The minimum atomic E-state index is -0.213. The lowest BCUT2D eigenvalue weighted by molar-refractivity contribution is -0.143. The second-order valence-electron chi connectivity index (χ2n) is 2.65. The molecule has 0 aromatic rings. The topological polar surface area (TPSA) is 55.7 Å². The van der Waals surface area contributed by atoms with Gasteiger partial charge in [-0.15, -0.1) is 0 Å². The van der Waals surface area contributed by atoms with Gasteiger partial charge in [-0.3, -0.25) is 4.79 Å². The van der Waals surface area contributed by atoms with Gasteiger partial charge in [-0.25, -0.2) is 9.79 Å². The molecule has 4 heteroatoms. The van der Waals surface area contributed by atoms with E-state index in [0.29, 0.717) is 6.42 Å². The highest BCUT2D eigenvalue weighted by Crippen LogP contribution is 1.99. The summed E-state index contributed by atoms with van der Waals surface area (Å²) in [5.74, 6) is -0.213. The number of carbonyl (C=O) groups excluding carboxylic acids is 2. The van der Waals surface area contributed by atoms with Crippen LogP contribution in [0.25, 0.3) is 0 Å².